The Balaban J connectivity index is 2.90. The van der Waals surface area contributed by atoms with Crippen LogP contribution in [0.1, 0.15) is 32.8 Å². The maximum absolute atomic E-state index is 12.7. The minimum Gasteiger partial charge on any atom is -0.497 e. The van der Waals surface area contributed by atoms with E-state index in [2.05, 4.69) is 0 Å². The molecule has 1 aromatic carbocycles. The van der Waals surface area contributed by atoms with Crippen LogP contribution in [-0.4, -0.2) is 32.1 Å². The van der Waals surface area contributed by atoms with Gasteiger partial charge in [-0.2, -0.15) is 13.2 Å². The SMILES string of the molecule is COc1cc(CC(CC(F)(F)F)OOC(C)(C)C)cc(OC)c1. The van der Waals surface area contributed by atoms with E-state index in [1.54, 1.807) is 39.0 Å². The number of benzene rings is 1. The molecule has 1 unspecified atom stereocenters. The molecule has 1 aromatic rings. The van der Waals surface area contributed by atoms with Crippen LogP contribution in [0.4, 0.5) is 13.2 Å². The molecule has 0 saturated carbocycles. The first-order chi connectivity index (χ1) is 10.5. The lowest BCUT2D eigenvalue weighted by atomic mass is 10.0. The third-order valence-electron chi connectivity index (χ3n) is 2.77. The number of rotatable bonds is 7. The predicted octanol–water partition coefficient (Wildman–Crippen LogP) is 4.31. The molecule has 0 N–H and O–H groups in total. The Morgan fingerprint density at radius 3 is 1.87 bits per heavy atom. The average molecular weight is 336 g/mol. The Morgan fingerprint density at radius 2 is 1.48 bits per heavy atom. The summed E-state index contributed by atoms with van der Waals surface area (Å²) in [4.78, 5) is 10.1. The minimum atomic E-state index is -4.35. The van der Waals surface area contributed by atoms with Crippen LogP contribution >= 0.6 is 0 Å². The second-order valence-electron chi connectivity index (χ2n) is 6.16. The van der Waals surface area contributed by atoms with Gasteiger partial charge in [-0.05, 0) is 38.5 Å². The molecule has 0 aromatic heterocycles. The number of halogens is 3. The van der Waals surface area contributed by atoms with Gasteiger partial charge in [-0.15, -0.1) is 0 Å². The van der Waals surface area contributed by atoms with E-state index in [0.717, 1.165) is 0 Å². The smallest absolute Gasteiger partial charge is 0.391 e. The summed E-state index contributed by atoms with van der Waals surface area (Å²) in [6.45, 7) is 5.10. The highest BCUT2D eigenvalue weighted by Gasteiger charge is 2.34. The molecular weight excluding hydrogens is 313 g/mol. The minimum absolute atomic E-state index is 0.0170. The third kappa shape index (κ3) is 8.08. The molecule has 1 rings (SSSR count). The zero-order chi connectivity index (χ0) is 17.7. The van der Waals surface area contributed by atoms with Gasteiger partial charge in [0.05, 0.1) is 26.2 Å². The molecule has 132 valence electrons. The highest BCUT2D eigenvalue weighted by atomic mass is 19.4. The number of hydrogen-bond acceptors (Lipinski definition) is 4. The van der Waals surface area contributed by atoms with Crippen LogP contribution < -0.4 is 9.47 Å². The van der Waals surface area contributed by atoms with E-state index in [0.29, 0.717) is 17.1 Å². The lowest BCUT2D eigenvalue weighted by molar-refractivity contribution is -0.381. The molecule has 0 heterocycles. The lowest BCUT2D eigenvalue weighted by Gasteiger charge is -2.24. The van der Waals surface area contributed by atoms with Gasteiger partial charge in [-0.25, -0.2) is 9.78 Å². The molecule has 0 aliphatic rings. The van der Waals surface area contributed by atoms with Gasteiger partial charge in [0.15, 0.2) is 0 Å². The average Bonchev–Trinajstić information content (AvgIpc) is 2.42. The fourth-order valence-electron chi connectivity index (χ4n) is 1.86. The van der Waals surface area contributed by atoms with E-state index in [1.807, 2.05) is 0 Å². The predicted molar refractivity (Wildman–Crippen MR) is 79.6 cm³/mol. The van der Waals surface area contributed by atoms with Gasteiger partial charge in [0.25, 0.3) is 0 Å². The van der Waals surface area contributed by atoms with Crippen molar-refractivity contribution in [2.45, 2.75) is 51.5 Å². The molecule has 0 amide bonds. The van der Waals surface area contributed by atoms with Crippen molar-refractivity contribution in [2.75, 3.05) is 14.2 Å². The quantitative estimate of drug-likeness (QED) is 0.549. The maximum Gasteiger partial charge on any atom is 0.391 e. The summed E-state index contributed by atoms with van der Waals surface area (Å²) < 4.78 is 48.4. The van der Waals surface area contributed by atoms with Crippen LogP contribution in [0.15, 0.2) is 18.2 Å². The molecule has 0 aliphatic heterocycles. The van der Waals surface area contributed by atoms with Gasteiger partial charge in [0, 0.05) is 12.5 Å². The van der Waals surface area contributed by atoms with E-state index in [9.17, 15) is 13.2 Å². The fourth-order valence-corrected chi connectivity index (χ4v) is 1.86. The maximum atomic E-state index is 12.7. The van der Waals surface area contributed by atoms with E-state index in [4.69, 9.17) is 19.2 Å². The first kappa shape index (κ1) is 19.6. The fraction of sp³-hybridized carbons (Fsp3) is 0.625. The molecule has 0 fully saturated rings. The molecule has 4 nitrogen and oxygen atoms in total. The number of ether oxygens (including phenoxy) is 2. The van der Waals surface area contributed by atoms with Crippen LogP contribution in [0.5, 0.6) is 11.5 Å². The molecule has 0 aliphatic carbocycles. The molecule has 23 heavy (non-hydrogen) atoms. The van der Waals surface area contributed by atoms with E-state index in [-0.39, 0.29) is 6.42 Å². The Morgan fingerprint density at radius 1 is 0.957 bits per heavy atom. The second kappa shape index (κ2) is 7.88. The second-order valence-corrected chi connectivity index (χ2v) is 6.16. The standard InChI is InChI=1S/C16H23F3O4/c1-15(2,3)23-22-14(10-16(17,18)19)8-11-6-12(20-4)9-13(7-11)21-5/h6-7,9,14H,8,10H2,1-5H3. The van der Waals surface area contributed by atoms with Crippen molar-refractivity contribution < 1.29 is 32.4 Å². The molecule has 0 bridgehead atoms. The summed E-state index contributed by atoms with van der Waals surface area (Å²) >= 11 is 0. The Bertz CT molecular complexity index is 473. The zero-order valence-electron chi connectivity index (χ0n) is 14.0. The van der Waals surface area contributed by atoms with Crippen molar-refractivity contribution >= 4 is 0 Å². The number of alkyl halides is 3. The Hall–Kier alpha value is -1.47. The summed E-state index contributed by atoms with van der Waals surface area (Å²) in [5.41, 5.74) is -0.0939. The summed E-state index contributed by atoms with van der Waals surface area (Å²) in [6, 6.07) is 4.94. The Kier molecular flexibility index (Phi) is 6.70. The summed E-state index contributed by atoms with van der Waals surface area (Å²) in [7, 11) is 2.95. The molecule has 1 atom stereocenters. The van der Waals surface area contributed by atoms with Crippen LogP contribution in [0.2, 0.25) is 0 Å². The van der Waals surface area contributed by atoms with Crippen LogP contribution in [-0.2, 0) is 16.2 Å². The van der Waals surface area contributed by atoms with Gasteiger partial charge < -0.3 is 9.47 Å². The number of methoxy groups -OCH3 is 2. The van der Waals surface area contributed by atoms with Crippen molar-refractivity contribution in [2.24, 2.45) is 0 Å². The molecular formula is C16H23F3O4. The van der Waals surface area contributed by atoms with Gasteiger partial charge >= 0.3 is 6.18 Å². The van der Waals surface area contributed by atoms with Crippen molar-refractivity contribution in [1.82, 2.24) is 0 Å². The highest BCUT2D eigenvalue weighted by Crippen LogP contribution is 2.29. The van der Waals surface area contributed by atoms with E-state index < -0.39 is 24.3 Å². The third-order valence-corrected chi connectivity index (χ3v) is 2.77. The lowest BCUT2D eigenvalue weighted by Crippen LogP contribution is -2.29. The van der Waals surface area contributed by atoms with Crippen LogP contribution in [0.3, 0.4) is 0 Å². The Labute approximate surface area is 134 Å². The van der Waals surface area contributed by atoms with Gasteiger partial charge in [-0.1, -0.05) is 0 Å². The van der Waals surface area contributed by atoms with Crippen LogP contribution in [0, 0.1) is 0 Å². The van der Waals surface area contributed by atoms with Gasteiger partial charge in [-0.3, -0.25) is 0 Å². The monoisotopic (exact) mass is 336 g/mol. The topological polar surface area (TPSA) is 36.9 Å². The molecule has 7 heteroatoms. The first-order valence-electron chi connectivity index (χ1n) is 7.15. The highest BCUT2D eigenvalue weighted by molar-refractivity contribution is 5.38. The number of hydrogen-bond donors (Lipinski definition) is 0. The van der Waals surface area contributed by atoms with E-state index >= 15 is 0 Å². The first-order valence-corrected chi connectivity index (χ1v) is 7.15. The molecule has 0 saturated heterocycles. The van der Waals surface area contributed by atoms with Crippen molar-refractivity contribution in [3.05, 3.63) is 23.8 Å². The van der Waals surface area contributed by atoms with Gasteiger partial charge in [0.1, 0.15) is 17.6 Å². The molecule has 0 radical (unpaired) electrons. The normalized spacial score (nSPS) is 13.7. The largest absolute Gasteiger partial charge is 0.497 e. The van der Waals surface area contributed by atoms with E-state index in [1.165, 1.54) is 14.2 Å². The van der Waals surface area contributed by atoms with Crippen LogP contribution in [0.25, 0.3) is 0 Å². The molecule has 0 spiro atoms. The summed E-state index contributed by atoms with van der Waals surface area (Å²) in [6.07, 6.45) is -6.60. The van der Waals surface area contributed by atoms with Crippen molar-refractivity contribution in [3.8, 4) is 11.5 Å². The van der Waals surface area contributed by atoms with Crippen molar-refractivity contribution in [3.63, 3.8) is 0 Å². The summed E-state index contributed by atoms with van der Waals surface area (Å²) in [5.74, 6) is 1.00. The van der Waals surface area contributed by atoms with Crippen molar-refractivity contribution in [1.29, 1.82) is 0 Å². The summed E-state index contributed by atoms with van der Waals surface area (Å²) in [5, 5.41) is 0. The zero-order valence-corrected chi connectivity index (χ0v) is 14.0. The van der Waals surface area contributed by atoms with Gasteiger partial charge in [0.2, 0.25) is 0 Å².